The fourth-order valence-electron chi connectivity index (χ4n) is 4.90. The molecule has 0 aliphatic heterocycles. The summed E-state index contributed by atoms with van der Waals surface area (Å²) >= 11 is 3.51. The largest absolute Gasteiger partial charge is 0.354 e. The van der Waals surface area contributed by atoms with E-state index in [9.17, 15) is 18.0 Å². The number of sulfonamides is 1. The van der Waals surface area contributed by atoms with Gasteiger partial charge in [0.15, 0.2) is 0 Å². The number of amides is 2. The lowest BCUT2D eigenvalue weighted by Crippen LogP contribution is -2.53. The van der Waals surface area contributed by atoms with E-state index in [0.717, 1.165) is 38.3 Å². The minimum absolute atomic E-state index is 0.0763. The summed E-state index contributed by atoms with van der Waals surface area (Å²) in [5.41, 5.74) is 3.11. The number of nitrogens with one attached hydrogen (secondary N) is 1. The molecule has 0 aliphatic rings. The van der Waals surface area contributed by atoms with E-state index in [0.29, 0.717) is 12.2 Å². The topological polar surface area (TPSA) is 86.8 Å². The zero-order chi connectivity index (χ0) is 31.5. The Morgan fingerprint density at radius 3 is 2.05 bits per heavy atom. The molecule has 1 atom stereocenters. The molecule has 0 saturated heterocycles. The number of nitrogens with zero attached hydrogens (tertiary/aromatic N) is 2. The molecule has 0 radical (unpaired) electrons. The summed E-state index contributed by atoms with van der Waals surface area (Å²) in [6, 6.07) is 31.4. The van der Waals surface area contributed by atoms with E-state index in [-0.39, 0.29) is 23.8 Å². The van der Waals surface area contributed by atoms with Gasteiger partial charge in [0.05, 0.1) is 10.6 Å². The number of rotatable bonds is 14. The maximum absolute atomic E-state index is 14.5. The first-order chi connectivity index (χ1) is 21.2. The van der Waals surface area contributed by atoms with E-state index < -0.39 is 28.5 Å². The van der Waals surface area contributed by atoms with Crippen LogP contribution < -0.4 is 9.62 Å². The summed E-state index contributed by atoms with van der Waals surface area (Å²) in [6.07, 6.45) is 1.80. The molecule has 0 saturated carbocycles. The molecule has 0 unspecified atom stereocenters. The number of benzene rings is 4. The molecule has 44 heavy (non-hydrogen) atoms. The number of halogens is 1. The van der Waals surface area contributed by atoms with E-state index in [2.05, 4.69) is 21.2 Å². The minimum atomic E-state index is -4.12. The molecule has 0 heterocycles. The van der Waals surface area contributed by atoms with Gasteiger partial charge in [-0.15, -0.1) is 0 Å². The second-order valence-electron chi connectivity index (χ2n) is 10.5. The third-order valence-corrected chi connectivity index (χ3v) is 9.59. The van der Waals surface area contributed by atoms with Crippen molar-refractivity contribution in [2.24, 2.45) is 0 Å². The summed E-state index contributed by atoms with van der Waals surface area (Å²) in [4.78, 5) is 29.7. The molecule has 4 rings (SSSR count). The van der Waals surface area contributed by atoms with Gasteiger partial charge in [0.1, 0.15) is 12.6 Å². The monoisotopic (exact) mass is 675 g/mol. The number of carbonyl (C=O) groups excluding carboxylic acids is 2. The average Bonchev–Trinajstić information content (AvgIpc) is 3.05. The molecule has 0 aliphatic carbocycles. The highest BCUT2D eigenvalue weighted by atomic mass is 79.9. The first-order valence-corrected chi connectivity index (χ1v) is 17.0. The Labute approximate surface area is 269 Å². The van der Waals surface area contributed by atoms with Crippen LogP contribution in [0.25, 0.3) is 0 Å². The Bertz CT molecular complexity index is 1630. The van der Waals surface area contributed by atoms with E-state index in [1.807, 2.05) is 80.6 Å². The molecule has 0 aromatic heterocycles. The van der Waals surface area contributed by atoms with E-state index in [1.165, 1.54) is 17.0 Å². The summed E-state index contributed by atoms with van der Waals surface area (Å²) in [5.74, 6) is -0.777. The molecule has 4 aromatic rings. The Morgan fingerprint density at radius 1 is 0.795 bits per heavy atom. The van der Waals surface area contributed by atoms with Crippen LogP contribution in [0.1, 0.15) is 37.0 Å². The van der Waals surface area contributed by atoms with Gasteiger partial charge in [-0.1, -0.05) is 103 Å². The maximum Gasteiger partial charge on any atom is 0.264 e. The van der Waals surface area contributed by atoms with Crippen molar-refractivity contribution in [1.29, 1.82) is 0 Å². The lowest BCUT2D eigenvalue weighted by molar-refractivity contribution is -0.140. The maximum atomic E-state index is 14.5. The van der Waals surface area contributed by atoms with Crippen LogP contribution in [0.3, 0.4) is 0 Å². The lowest BCUT2D eigenvalue weighted by atomic mass is 10.0. The van der Waals surface area contributed by atoms with Crippen molar-refractivity contribution in [3.8, 4) is 0 Å². The van der Waals surface area contributed by atoms with Crippen molar-refractivity contribution in [3.63, 3.8) is 0 Å². The number of hydrogen-bond donors (Lipinski definition) is 1. The van der Waals surface area contributed by atoms with Gasteiger partial charge in [-0.25, -0.2) is 8.42 Å². The highest BCUT2D eigenvalue weighted by Crippen LogP contribution is 2.26. The quantitative estimate of drug-likeness (QED) is 0.168. The Morgan fingerprint density at radius 2 is 1.43 bits per heavy atom. The van der Waals surface area contributed by atoms with Crippen molar-refractivity contribution >= 4 is 43.5 Å². The molecule has 230 valence electrons. The third kappa shape index (κ3) is 8.57. The first kappa shape index (κ1) is 33.0. The number of carbonyl (C=O) groups is 2. The van der Waals surface area contributed by atoms with Gasteiger partial charge in [-0.2, -0.15) is 0 Å². The van der Waals surface area contributed by atoms with Crippen molar-refractivity contribution in [2.75, 3.05) is 17.4 Å². The lowest BCUT2D eigenvalue weighted by Gasteiger charge is -2.34. The zero-order valence-electron chi connectivity index (χ0n) is 25.0. The molecular weight excluding hydrogens is 638 g/mol. The predicted molar refractivity (Wildman–Crippen MR) is 179 cm³/mol. The predicted octanol–water partition coefficient (Wildman–Crippen LogP) is 6.37. The Kier molecular flexibility index (Phi) is 11.7. The zero-order valence-corrected chi connectivity index (χ0v) is 27.4. The van der Waals surface area contributed by atoms with Crippen molar-refractivity contribution in [2.45, 2.75) is 50.6 Å². The molecule has 0 spiro atoms. The number of hydrogen-bond acceptors (Lipinski definition) is 4. The summed E-state index contributed by atoms with van der Waals surface area (Å²) in [5, 5.41) is 2.97. The minimum Gasteiger partial charge on any atom is -0.354 e. The van der Waals surface area contributed by atoms with Crippen LogP contribution in [-0.2, 0) is 39.0 Å². The summed E-state index contributed by atoms with van der Waals surface area (Å²) in [6.45, 7) is 4.08. The van der Waals surface area contributed by atoms with Gasteiger partial charge in [0, 0.05) is 24.0 Å². The van der Waals surface area contributed by atoms with Crippen LogP contribution in [-0.4, -0.2) is 44.3 Å². The highest BCUT2D eigenvalue weighted by molar-refractivity contribution is 9.10. The molecular formula is C35H38BrN3O4S. The first-order valence-electron chi connectivity index (χ1n) is 14.7. The van der Waals surface area contributed by atoms with E-state index in [1.54, 1.807) is 30.3 Å². The smallest absolute Gasteiger partial charge is 0.264 e. The molecule has 0 fully saturated rings. The second-order valence-corrected chi connectivity index (χ2v) is 13.3. The van der Waals surface area contributed by atoms with E-state index in [4.69, 9.17) is 0 Å². The van der Waals surface area contributed by atoms with Crippen molar-refractivity contribution < 1.29 is 18.0 Å². The van der Waals surface area contributed by atoms with Gasteiger partial charge in [-0.05, 0) is 65.9 Å². The molecule has 7 nitrogen and oxygen atoms in total. The molecule has 9 heteroatoms. The summed E-state index contributed by atoms with van der Waals surface area (Å²) in [7, 11) is -4.12. The van der Waals surface area contributed by atoms with Gasteiger partial charge in [0.2, 0.25) is 11.8 Å². The number of aryl methyl sites for hydroxylation is 1. The average molecular weight is 677 g/mol. The van der Waals surface area contributed by atoms with Crippen molar-refractivity contribution in [3.05, 3.63) is 130 Å². The van der Waals surface area contributed by atoms with Crippen LogP contribution in [0.5, 0.6) is 0 Å². The highest BCUT2D eigenvalue weighted by Gasteiger charge is 2.34. The molecule has 1 N–H and O–H groups in total. The van der Waals surface area contributed by atoms with Gasteiger partial charge in [-0.3, -0.25) is 13.9 Å². The van der Waals surface area contributed by atoms with Crippen LogP contribution in [0.4, 0.5) is 5.69 Å². The third-order valence-electron chi connectivity index (χ3n) is 7.30. The van der Waals surface area contributed by atoms with Crippen LogP contribution in [0.15, 0.2) is 119 Å². The summed E-state index contributed by atoms with van der Waals surface area (Å²) < 4.78 is 30.1. The van der Waals surface area contributed by atoms with Crippen molar-refractivity contribution in [1.82, 2.24) is 10.2 Å². The normalized spacial score (nSPS) is 11.9. The van der Waals surface area contributed by atoms with Gasteiger partial charge >= 0.3 is 0 Å². The number of anilines is 1. The Balaban J connectivity index is 1.79. The van der Waals surface area contributed by atoms with Crippen LogP contribution in [0, 0.1) is 0 Å². The van der Waals surface area contributed by atoms with Gasteiger partial charge in [0.25, 0.3) is 10.0 Å². The SMILES string of the molecule is CCCNC(=O)[C@H](Cc1ccccc1)N(Cc1cccc(Br)c1)C(=O)CN(c1ccc(CC)cc1)S(=O)(=O)c1ccccc1. The van der Waals surface area contributed by atoms with Crippen LogP contribution >= 0.6 is 15.9 Å². The molecule has 2 amide bonds. The molecule has 4 aromatic carbocycles. The van der Waals surface area contributed by atoms with Gasteiger partial charge < -0.3 is 10.2 Å². The fourth-order valence-corrected chi connectivity index (χ4v) is 6.78. The standard InChI is InChI=1S/C35H38BrN3O4S/c1-3-22-37-35(41)33(24-28-12-7-5-8-13-28)38(25-29-14-11-15-30(36)23-29)34(40)26-39(31-20-18-27(4-2)19-21-31)44(42,43)32-16-9-6-10-17-32/h5-21,23,33H,3-4,22,24-26H2,1-2H3,(H,37,41)/t33-/m0/s1. The second kappa shape index (κ2) is 15.7. The van der Waals surface area contributed by atoms with E-state index >= 15 is 0 Å². The molecule has 0 bridgehead atoms. The Hall–Kier alpha value is -3.95. The fraction of sp³-hybridized carbons (Fsp3) is 0.257. The van der Waals surface area contributed by atoms with Crippen LogP contribution in [0.2, 0.25) is 0 Å².